The van der Waals surface area contributed by atoms with E-state index in [9.17, 15) is 0 Å². The van der Waals surface area contributed by atoms with Gasteiger partial charge >= 0.3 is 0 Å². The molecule has 0 aliphatic carbocycles. The summed E-state index contributed by atoms with van der Waals surface area (Å²) >= 11 is 0. The molecule has 2 heterocycles. The molecule has 0 bridgehead atoms. The lowest BCUT2D eigenvalue weighted by Gasteiger charge is -2.38. The number of H-pyrrole nitrogens is 1. The minimum atomic E-state index is 0.287. The molecule has 96 valence electrons. The van der Waals surface area contributed by atoms with Gasteiger partial charge in [0, 0.05) is 38.9 Å². The van der Waals surface area contributed by atoms with Gasteiger partial charge in [-0.25, -0.2) is 4.98 Å². The van der Waals surface area contributed by atoms with Gasteiger partial charge in [0.05, 0.1) is 11.7 Å². The minimum absolute atomic E-state index is 0.287. The van der Waals surface area contributed by atoms with Crippen LogP contribution in [0.25, 0.3) is 0 Å². The van der Waals surface area contributed by atoms with Gasteiger partial charge in [-0.05, 0) is 13.5 Å². The van der Waals surface area contributed by atoms with E-state index in [1.54, 1.807) is 0 Å². The largest absolute Gasteiger partial charge is 0.345 e. The Morgan fingerprint density at radius 1 is 1.41 bits per heavy atom. The molecule has 1 aromatic heterocycles. The number of nitrogens with one attached hydrogen (secondary N) is 1. The fourth-order valence-electron chi connectivity index (χ4n) is 2.47. The van der Waals surface area contributed by atoms with E-state index in [4.69, 9.17) is 5.73 Å². The summed E-state index contributed by atoms with van der Waals surface area (Å²) in [4.78, 5) is 12.5. The number of aryl methyl sites for hydroxylation is 1. The molecule has 1 aromatic rings. The first-order chi connectivity index (χ1) is 8.24. The van der Waals surface area contributed by atoms with Gasteiger partial charge in [0.25, 0.3) is 0 Å². The molecule has 1 unspecified atom stereocenters. The lowest BCUT2D eigenvalue weighted by Crippen LogP contribution is -2.48. The molecular weight excluding hydrogens is 214 g/mol. The van der Waals surface area contributed by atoms with E-state index >= 15 is 0 Å². The molecule has 1 atom stereocenters. The third-order valence-electron chi connectivity index (χ3n) is 3.60. The molecule has 0 saturated carbocycles. The number of imidazole rings is 1. The number of likely N-dealkylation sites (N-methyl/N-ethyl adjacent to an activating group) is 1. The van der Waals surface area contributed by atoms with Crippen molar-refractivity contribution in [1.29, 1.82) is 0 Å². The molecule has 1 aliphatic rings. The Balaban J connectivity index is 2.00. The predicted octanol–water partition coefficient (Wildman–Crippen LogP) is 0.355. The summed E-state index contributed by atoms with van der Waals surface area (Å²) in [6.45, 7) is 10.4. The summed E-state index contributed by atoms with van der Waals surface area (Å²) in [6.07, 6.45) is 1.92. The van der Waals surface area contributed by atoms with Crippen LogP contribution in [-0.2, 0) is 0 Å². The van der Waals surface area contributed by atoms with Crippen LogP contribution in [0.1, 0.15) is 24.5 Å². The summed E-state index contributed by atoms with van der Waals surface area (Å²) in [5, 5.41) is 0. The van der Waals surface area contributed by atoms with Crippen LogP contribution in [-0.4, -0.2) is 59.0 Å². The predicted molar refractivity (Wildman–Crippen MR) is 68.8 cm³/mol. The molecule has 2 rings (SSSR count). The van der Waals surface area contributed by atoms with Crippen molar-refractivity contribution in [3.63, 3.8) is 0 Å². The Bertz CT molecular complexity index is 340. The molecule has 17 heavy (non-hydrogen) atoms. The number of aromatic amines is 1. The number of nitrogens with two attached hydrogens (primary N) is 1. The van der Waals surface area contributed by atoms with E-state index in [0.717, 1.165) is 44.2 Å². The van der Waals surface area contributed by atoms with Crippen molar-refractivity contribution in [3.05, 3.63) is 17.7 Å². The fraction of sp³-hybridized carbons (Fsp3) is 0.750. The van der Waals surface area contributed by atoms with Crippen molar-refractivity contribution in [2.24, 2.45) is 5.73 Å². The van der Waals surface area contributed by atoms with Crippen molar-refractivity contribution >= 4 is 0 Å². The lowest BCUT2D eigenvalue weighted by atomic mass is 10.1. The van der Waals surface area contributed by atoms with Crippen molar-refractivity contribution in [1.82, 2.24) is 19.8 Å². The van der Waals surface area contributed by atoms with Gasteiger partial charge in [-0.2, -0.15) is 0 Å². The van der Waals surface area contributed by atoms with E-state index in [2.05, 4.69) is 26.7 Å². The molecular formula is C12H23N5. The summed E-state index contributed by atoms with van der Waals surface area (Å²) in [7, 11) is 0. The number of rotatable bonds is 4. The summed E-state index contributed by atoms with van der Waals surface area (Å²) in [5.41, 5.74) is 7.06. The zero-order valence-electron chi connectivity index (χ0n) is 10.8. The Labute approximate surface area is 103 Å². The molecule has 0 radical (unpaired) electrons. The van der Waals surface area contributed by atoms with E-state index in [1.807, 2.05) is 13.1 Å². The van der Waals surface area contributed by atoms with E-state index < -0.39 is 0 Å². The minimum Gasteiger partial charge on any atom is -0.345 e. The second-order valence-corrected chi connectivity index (χ2v) is 4.65. The molecule has 5 heteroatoms. The maximum Gasteiger partial charge on any atom is 0.103 e. The van der Waals surface area contributed by atoms with Gasteiger partial charge in [-0.3, -0.25) is 4.90 Å². The van der Waals surface area contributed by atoms with Crippen LogP contribution >= 0.6 is 0 Å². The summed E-state index contributed by atoms with van der Waals surface area (Å²) < 4.78 is 0. The second-order valence-electron chi connectivity index (χ2n) is 4.65. The highest BCUT2D eigenvalue weighted by Crippen LogP contribution is 2.19. The van der Waals surface area contributed by atoms with Crippen molar-refractivity contribution in [2.75, 3.05) is 39.3 Å². The maximum absolute atomic E-state index is 5.91. The smallest absolute Gasteiger partial charge is 0.103 e. The number of piperazine rings is 1. The third kappa shape index (κ3) is 2.86. The summed E-state index contributed by atoms with van der Waals surface area (Å²) in [5.74, 6) is 0.964. The third-order valence-corrected chi connectivity index (χ3v) is 3.60. The number of hydrogen-bond donors (Lipinski definition) is 2. The van der Waals surface area contributed by atoms with Crippen LogP contribution in [0.15, 0.2) is 6.20 Å². The maximum atomic E-state index is 5.91. The van der Waals surface area contributed by atoms with Crippen LogP contribution in [0.2, 0.25) is 0 Å². The first-order valence-electron chi connectivity index (χ1n) is 6.42. The van der Waals surface area contributed by atoms with E-state index in [0.29, 0.717) is 6.54 Å². The number of aromatic nitrogens is 2. The van der Waals surface area contributed by atoms with Crippen molar-refractivity contribution in [3.8, 4) is 0 Å². The van der Waals surface area contributed by atoms with E-state index in [1.165, 1.54) is 0 Å². The van der Waals surface area contributed by atoms with Crippen LogP contribution in [0.4, 0.5) is 0 Å². The Morgan fingerprint density at radius 2 is 2.12 bits per heavy atom. The quantitative estimate of drug-likeness (QED) is 0.793. The standard InChI is InChI=1S/C12H23N5/c1-3-16-4-6-17(7-5-16)12(8-13)11-9-14-10(2)15-11/h9,12H,3-8,13H2,1-2H3,(H,14,15). The average Bonchev–Trinajstić information content (AvgIpc) is 2.78. The van der Waals surface area contributed by atoms with Crippen LogP contribution in [0, 0.1) is 6.92 Å². The first-order valence-corrected chi connectivity index (χ1v) is 6.42. The molecule has 1 saturated heterocycles. The van der Waals surface area contributed by atoms with Crippen molar-refractivity contribution < 1.29 is 0 Å². The topological polar surface area (TPSA) is 61.2 Å². The zero-order chi connectivity index (χ0) is 12.3. The molecule has 1 fully saturated rings. The molecule has 3 N–H and O–H groups in total. The van der Waals surface area contributed by atoms with Crippen LogP contribution < -0.4 is 5.73 Å². The van der Waals surface area contributed by atoms with Gasteiger partial charge in [-0.1, -0.05) is 6.92 Å². The SMILES string of the molecule is CCN1CCN(C(CN)c2cnc(C)[nH]2)CC1. The van der Waals surface area contributed by atoms with Gasteiger partial charge in [0.1, 0.15) is 5.82 Å². The average molecular weight is 237 g/mol. The Hall–Kier alpha value is -0.910. The molecule has 0 spiro atoms. The fourth-order valence-corrected chi connectivity index (χ4v) is 2.47. The monoisotopic (exact) mass is 237 g/mol. The molecule has 0 aromatic carbocycles. The van der Waals surface area contributed by atoms with E-state index in [-0.39, 0.29) is 6.04 Å². The number of nitrogens with zero attached hydrogens (tertiary/aromatic N) is 3. The normalized spacial score (nSPS) is 20.6. The summed E-state index contributed by atoms with van der Waals surface area (Å²) in [6, 6.07) is 0.287. The highest BCUT2D eigenvalue weighted by atomic mass is 15.3. The molecule has 0 amide bonds. The van der Waals surface area contributed by atoms with Crippen LogP contribution in [0.3, 0.4) is 0 Å². The van der Waals surface area contributed by atoms with Crippen molar-refractivity contribution in [2.45, 2.75) is 19.9 Å². The number of hydrogen-bond acceptors (Lipinski definition) is 4. The zero-order valence-corrected chi connectivity index (χ0v) is 10.8. The molecule has 1 aliphatic heterocycles. The Kier molecular flexibility index (Phi) is 4.15. The highest BCUT2D eigenvalue weighted by Gasteiger charge is 2.24. The van der Waals surface area contributed by atoms with Gasteiger partial charge in [0.15, 0.2) is 0 Å². The lowest BCUT2D eigenvalue weighted by molar-refractivity contribution is 0.100. The van der Waals surface area contributed by atoms with Gasteiger partial charge < -0.3 is 15.6 Å². The van der Waals surface area contributed by atoms with Gasteiger partial charge in [-0.15, -0.1) is 0 Å². The van der Waals surface area contributed by atoms with Gasteiger partial charge in [0.2, 0.25) is 0 Å². The Morgan fingerprint density at radius 3 is 2.59 bits per heavy atom. The molecule has 5 nitrogen and oxygen atoms in total. The highest BCUT2D eigenvalue weighted by molar-refractivity contribution is 5.07. The first kappa shape index (κ1) is 12.5. The van der Waals surface area contributed by atoms with Crippen LogP contribution in [0.5, 0.6) is 0 Å². The second kappa shape index (κ2) is 5.62.